The number of imidazole rings is 1. The van der Waals surface area contributed by atoms with Crippen LogP contribution in [0.25, 0.3) is 0 Å². The lowest BCUT2D eigenvalue weighted by atomic mass is 10.3. The number of rotatable bonds is 4. The molecule has 3 nitrogen and oxygen atoms in total. The molecule has 90 valence electrons. The fourth-order valence-corrected chi connectivity index (χ4v) is 1.82. The van der Waals surface area contributed by atoms with E-state index in [0.29, 0.717) is 22.4 Å². The Bertz CT molecular complexity index is 511. The van der Waals surface area contributed by atoms with Crippen molar-refractivity contribution in [1.82, 2.24) is 9.55 Å². The highest BCUT2D eigenvalue weighted by Crippen LogP contribution is 2.27. The number of aryl methyl sites for hydroxylation is 1. The van der Waals surface area contributed by atoms with Crippen molar-refractivity contribution in [3.8, 4) is 5.75 Å². The summed E-state index contributed by atoms with van der Waals surface area (Å²) in [5, 5.41) is 1.18. The number of halogens is 2. The third-order valence-electron chi connectivity index (χ3n) is 2.41. The van der Waals surface area contributed by atoms with Gasteiger partial charge in [-0.2, -0.15) is 0 Å². The molecular formula is C12H12Cl2N2O. The van der Waals surface area contributed by atoms with Gasteiger partial charge in [0.1, 0.15) is 18.2 Å². The van der Waals surface area contributed by atoms with Crippen molar-refractivity contribution >= 4 is 23.2 Å². The van der Waals surface area contributed by atoms with Gasteiger partial charge in [-0.3, -0.25) is 0 Å². The van der Waals surface area contributed by atoms with Gasteiger partial charge in [-0.05, 0) is 19.1 Å². The van der Waals surface area contributed by atoms with Crippen molar-refractivity contribution in [2.75, 3.05) is 6.61 Å². The zero-order chi connectivity index (χ0) is 12.3. The molecule has 0 saturated heterocycles. The maximum absolute atomic E-state index is 5.99. The molecule has 0 spiro atoms. The summed E-state index contributed by atoms with van der Waals surface area (Å²) in [6.45, 7) is 3.21. The van der Waals surface area contributed by atoms with Gasteiger partial charge in [0.25, 0.3) is 0 Å². The molecule has 17 heavy (non-hydrogen) atoms. The fraction of sp³-hybridized carbons (Fsp3) is 0.250. The highest BCUT2D eigenvalue weighted by molar-refractivity contribution is 6.34. The summed E-state index contributed by atoms with van der Waals surface area (Å²) in [5.41, 5.74) is 0. The third kappa shape index (κ3) is 3.14. The summed E-state index contributed by atoms with van der Waals surface area (Å²) in [6, 6.07) is 5.17. The van der Waals surface area contributed by atoms with Gasteiger partial charge in [0.15, 0.2) is 0 Å². The Morgan fingerprint density at radius 2 is 2.18 bits per heavy atom. The van der Waals surface area contributed by atoms with E-state index in [1.807, 2.05) is 17.7 Å². The van der Waals surface area contributed by atoms with Gasteiger partial charge in [-0.1, -0.05) is 23.2 Å². The van der Waals surface area contributed by atoms with Gasteiger partial charge in [0.05, 0.1) is 11.6 Å². The van der Waals surface area contributed by atoms with E-state index in [4.69, 9.17) is 27.9 Å². The maximum atomic E-state index is 5.99. The Morgan fingerprint density at radius 3 is 2.88 bits per heavy atom. The second kappa shape index (κ2) is 5.43. The quantitative estimate of drug-likeness (QED) is 0.849. The van der Waals surface area contributed by atoms with E-state index in [1.165, 1.54) is 0 Å². The molecule has 0 saturated carbocycles. The Labute approximate surface area is 110 Å². The molecule has 0 unspecified atom stereocenters. The van der Waals surface area contributed by atoms with Crippen LogP contribution in [-0.2, 0) is 6.54 Å². The number of ether oxygens (including phenoxy) is 1. The molecule has 0 bridgehead atoms. The fourth-order valence-electron chi connectivity index (χ4n) is 1.48. The molecule has 0 N–H and O–H groups in total. The van der Waals surface area contributed by atoms with Crippen molar-refractivity contribution in [2.45, 2.75) is 13.5 Å². The van der Waals surface area contributed by atoms with Crippen molar-refractivity contribution in [1.29, 1.82) is 0 Å². The number of aromatic nitrogens is 2. The van der Waals surface area contributed by atoms with Crippen LogP contribution in [0.4, 0.5) is 0 Å². The molecule has 1 heterocycles. The zero-order valence-electron chi connectivity index (χ0n) is 9.36. The van der Waals surface area contributed by atoms with Crippen LogP contribution in [0.2, 0.25) is 10.0 Å². The van der Waals surface area contributed by atoms with E-state index in [0.717, 1.165) is 12.4 Å². The molecule has 2 rings (SSSR count). The van der Waals surface area contributed by atoms with E-state index >= 15 is 0 Å². The van der Waals surface area contributed by atoms with Crippen molar-refractivity contribution in [2.24, 2.45) is 0 Å². The topological polar surface area (TPSA) is 27.1 Å². The Balaban J connectivity index is 1.94. The minimum atomic E-state index is 0.525. The van der Waals surface area contributed by atoms with Crippen LogP contribution in [0.5, 0.6) is 5.75 Å². The number of nitrogens with zero attached hydrogens (tertiary/aromatic N) is 2. The molecule has 1 aromatic carbocycles. The predicted molar refractivity (Wildman–Crippen MR) is 68.9 cm³/mol. The molecule has 0 aliphatic rings. The van der Waals surface area contributed by atoms with Crippen molar-refractivity contribution < 1.29 is 4.74 Å². The van der Waals surface area contributed by atoms with Crippen molar-refractivity contribution in [3.63, 3.8) is 0 Å². The lowest BCUT2D eigenvalue weighted by Crippen LogP contribution is -2.08. The van der Waals surface area contributed by atoms with E-state index in [1.54, 1.807) is 24.4 Å². The SMILES string of the molecule is Cc1nccn1CCOc1cc(Cl)ccc1Cl. The monoisotopic (exact) mass is 270 g/mol. The first kappa shape index (κ1) is 12.3. The van der Waals surface area contributed by atoms with Crippen LogP contribution in [0, 0.1) is 6.92 Å². The van der Waals surface area contributed by atoms with Gasteiger partial charge in [-0.15, -0.1) is 0 Å². The second-order valence-corrected chi connectivity index (χ2v) is 4.43. The molecular weight excluding hydrogens is 259 g/mol. The van der Waals surface area contributed by atoms with Crippen molar-refractivity contribution in [3.05, 3.63) is 46.5 Å². The minimum absolute atomic E-state index is 0.525. The maximum Gasteiger partial charge on any atom is 0.139 e. The highest BCUT2D eigenvalue weighted by Gasteiger charge is 2.03. The third-order valence-corrected chi connectivity index (χ3v) is 2.95. The molecule has 2 aromatic rings. The van der Waals surface area contributed by atoms with E-state index in [9.17, 15) is 0 Å². The van der Waals surface area contributed by atoms with E-state index in [2.05, 4.69) is 4.98 Å². The van der Waals surface area contributed by atoms with Gasteiger partial charge >= 0.3 is 0 Å². The molecule has 0 amide bonds. The van der Waals surface area contributed by atoms with Crippen LogP contribution >= 0.6 is 23.2 Å². The normalized spacial score (nSPS) is 10.5. The van der Waals surface area contributed by atoms with E-state index in [-0.39, 0.29) is 0 Å². The number of hydrogen-bond acceptors (Lipinski definition) is 2. The number of hydrogen-bond donors (Lipinski definition) is 0. The first-order valence-electron chi connectivity index (χ1n) is 5.22. The molecule has 0 radical (unpaired) electrons. The van der Waals surface area contributed by atoms with Gasteiger partial charge in [0, 0.05) is 23.5 Å². The standard InChI is InChI=1S/C12H12Cl2N2O/c1-9-15-4-5-16(9)6-7-17-12-8-10(13)2-3-11(12)14/h2-5,8H,6-7H2,1H3. The largest absolute Gasteiger partial charge is 0.490 e. The van der Waals surface area contributed by atoms with E-state index < -0.39 is 0 Å². The van der Waals surface area contributed by atoms with Gasteiger partial charge < -0.3 is 9.30 Å². The minimum Gasteiger partial charge on any atom is -0.490 e. The first-order valence-corrected chi connectivity index (χ1v) is 5.98. The molecule has 0 fully saturated rings. The van der Waals surface area contributed by atoms with Gasteiger partial charge in [-0.25, -0.2) is 4.98 Å². The zero-order valence-corrected chi connectivity index (χ0v) is 10.9. The van der Waals surface area contributed by atoms with Crippen LogP contribution in [0.15, 0.2) is 30.6 Å². The molecule has 1 aromatic heterocycles. The second-order valence-electron chi connectivity index (χ2n) is 3.59. The highest BCUT2D eigenvalue weighted by atomic mass is 35.5. The molecule has 0 aliphatic carbocycles. The lowest BCUT2D eigenvalue weighted by Gasteiger charge is -2.09. The Hall–Kier alpha value is -1.19. The Kier molecular flexibility index (Phi) is 3.92. The van der Waals surface area contributed by atoms with Crippen LogP contribution in [-0.4, -0.2) is 16.2 Å². The summed E-state index contributed by atoms with van der Waals surface area (Å²) in [6.07, 6.45) is 3.68. The molecule has 5 heteroatoms. The summed E-state index contributed by atoms with van der Waals surface area (Å²) < 4.78 is 7.59. The smallest absolute Gasteiger partial charge is 0.139 e. The van der Waals surface area contributed by atoms with Crippen LogP contribution in [0.1, 0.15) is 5.82 Å². The molecule has 0 aliphatic heterocycles. The van der Waals surface area contributed by atoms with Crippen LogP contribution < -0.4 is 4.74 Å². The summed E-state index contributed by atoms with van der Waals surface area (Å²) in [4.78, 5) is 4.13. The summed E-state index contributed by atoms with van der Waals surface area (Å²) in [7, 11) is 0. The average Bonchev–Trinajstić information content (AvgIpc) is 2.70. The average molecular weight is 271 g/mol. The predicted octanol–water partition coefficient (Wildman–Crippen LogP) is 3.58. The van der Waals surface area contributed by atoms with Gasteiger partial charge in [0.2, 0.25) is 0 Å². The summed E-state index contributed by atoms with van der Waals surface area (Å²) in [5.74, 6) is 1.57. The first-order chi connectivity index (χ1) is 8.16. The molecule has 0 atom stereocenters. The number of benzene rings is 1. The Morgan fingerprint density at radius 1 is 1.35 bits per heavy atom. The van der Waals surface area contributed by atoms with Crippen LogP contribution in [0.3, 0.4) is 0 Å². The lowest BCUT2D eigenvalue weighted by molar-refractivity contribution is 0.297. The summed E-state index contributed by atoms with van der Waals surface area (Å²) >= 11 is 11.9.